The van der Waals surface area contributed by atoms with E-state index in [1.807, 2.05) is 38.0 Å². The molecule has 1 heterocycles. The van der Waals surface area contributed by atoms with E-state index in [4.69, 9.17) is 16.6 Å². The highest BCUT2D eigenvalue weighted by molar-refractivity contribution is 7.98. The van der Waals surface area contributed by atoms with Crippen LogP contribution in [0.4, 0.5) is 0 Å². The normalized spacial score (nSPS) is 11.1. The van der Waals surface area contributed by atoms with Gasteiger partial charge in [-0.1, -0.05) is 60.7 Å². The number of hydrogen-bond donors (Lipinski definition) is 2. The van der Waals surface area contributed by atoms with E-state index in [0.29, 0.717) is 5.11 Å². The number of furan rings is 1. The minimum Gasteiger partial charge on any atom is -0.464 e. The Hall–Kier alpha value is -2.28. The molecule has 3 aromatic rings. The van der Waals surface area contributed by atoms with Crippen molar-refractivity contribution >= 4 is 29.1 Å². The van der Waals surface area contributed by atoms with Crippen LogP contribution in [0.1, 0.15) is 28.7 Å². The Morgan fingerprint density at radius 3 is 2.13 bits per heavy atom. The minimum absolute atomic E-state index is 0.0262. The van der Waals surface area contributed by atoms with E-state index in [9.17, 15) is 0 Å². The average molecular weight is 440 g/mol. The van der Waals surface area contributed by atoms with Crippen molar-refractivity contribution in [2.45, 2.75) is 18.3 Å². The van der Waals surface area contributed by atoms with E-state index in [0.717, 1.165) is 36.1 Å². The first-order valence-electron chi connectivity index (χ1n) is 10.1. The van der Waals surface area contributed by atoms with E-state index >= 15 is 0 Å². The third-order valence-corrected chi connectivity index (χ3v) is 5.75. The van der Waals surface area contributed by atoms with Crippen molar-refractivity contribution in [3.63, 3.8) is 0 Å². The first kappa shape index (κ1) is 22.4. The first-order valence-corrected chi connectivity index (χ1v) is 11.6. The van der Waals surface area contributed by atoms with E-state index in [1.165, 1.54) is 11.1 Å². The molecule has 2 aromatic carbocycles. The van der Waals surface area contributed by atoms with Crippen molar-refractivity contribution in [2.24, 2.45) is 0 Å². The van der Waals surface area contributed by atoms with Gasteiger partial charge in [-0.2, -0.15) is 11.8 Å². The first-order chi connectivity index (χ1) is 14.6. The van der Waals surface area contributed by atoms with Gasteiger partial charge in [-0.05, 0) is 49.6 Å². The van der Waals surface area contributed by atoms with Crippen LogP contribution in [0.15, 0.2) is 77.2 Å². The molecule has 0 aliphatic carbocycles. The lowest BCUT2D eigenvalue weighted by Gasteiger charge is -2.22. The molecule has 0 atom stereocenters. The minimum atomic E-state index is 0.0262. The van der Waals surface area contributed by atoms with Gasteiger partial charge in [0, 0.05) is 12.3 Å². The molecule has 3 rings (SSSR count). The lowest BCUT2D eigenvalue weighted by molar-refractivity contribution is 0.344. The summed E-state index contributed by atoms with van der Waals surface area (Å²) in [6.45, 7) is 1.63. The maximum absolute atomic E-state index is 5.85. The number of hydrogen-bond acceptors (Lipinski definition) is 4. The van der Waals surface area contributed by atoms with Crippen LogP contribution in [0, 0.1) is 0 Å². The highest BCUT2D eigenvalue weighted by Gasteiger charge is 2.14. The SMILES string of the molecule is CN(C)Cc1ccc(CSCCNC(=S)NC(c2ccccc2)c2ccccc2)o1. The largest absolute Gasteiger partial charge is 0.464 e. The highest BCUT2D eigenvalue weighted by Crippen LogP contribution is 2.21. The third-order valence-electron chi connectivity index (χ3n) is 4.51. The summed E-state index contributed by atoms with van der Waals surface area (Å²) in [5.74, 6) is 3.84. The molecule has 0 aliphatic heterocycles. The van der Waals surface area contributed by atoms with Crippen LogP contribution in [0.3, 0.4) is 0 Å². The van der Waals surface area contributed by atoms with E-state index in [1.54, 1.807) is 0 Å². The molecule has 2 N–H and O–H groups in total. The number of rotatable bonds is 10. The lowest BCUT2D eigenvalue weighted by atomic mass is 9.99. The van der Waals surface area contributed by atoms with Crippen LogP contribution < -0.4 is 10.6 Å². The van der Waals surface area contributed by atoms with Crippen molar-refractivity contribution in [2.75, 3.05) is 26.4 Å². The number of thiocarbonyl (C=S) groups is 1. The summed E-state index contributed by atoms with van der Waals surface area (Å²) < 4.78 is 5.85. The predicted molar refractivity (Wildman–Crippen MR) is 131 cm³/mol. The molecule has 4 nitrogen and oxygen atoms in total. The average Bonchev–Trinajstić information content (AvgIpc) is 3.19. The fourth-order valence-corrected chi connectivity index (χ4v) is 4.11. The molecule has 0 spiro atoms. The van der Waals surface area contributed by atoms with Crippen molar-refractivity contribution < 1.29 is 4.42 Å². The van der Waals surface area contributed by atoms with Gasteiger partial charge in [0.05, 0.1) is 18.3 Å². The van der Waals surface area contributed by atoms with Crippen LogP contribution in [-0.4, -0.2) is 36.4 Å². The summed E-state index contributed by atoms with van der Waals surface area (Å²) in [5.41, 5.74) is 2.38. The summed E-state index contributed by atoms with van der Waals surface area (Å²) in [6, 6.07) is 24.9. The fourth-order valence-electron chi connectivity index (χ4n) is 3.14. The van der Waals surface area contributed by atoms with Gasteiger partial charge in [-0.25, -0.2) is 0 Å². The molecule has 1 aromatic heterocycles. The predicted octanol–water partition coefficient (Wildman–Crippen LogP) is 4.83. The Morgan fingerprint density at radius 1 is 0.933 bits per heavy atom. The molecule has 0 radical (unpaired) electrons. The summed E-state index contributed by atoms with van der Waals surface area (Å²) in [6.07, 6.45) is 0. The van der Waals surface area contributed by atoms with Gasteiger partial charge in [-0.15, -0.1) is 0 Å². The second-order valence-corrected chi connectivity index (χ2v) is 8.83. The molecule has 0 saturated heterocycles. The molecule has 0 amide bonds. The highest BCUT2D eigenvalue weighted by atomic mass is 32.2. The molecule has 0 bridgehead atoms. The van der Waals surface area contributed by atoms with Gasteiger partial charge >= 0.3 is 0 Å². The molecule has 6 heteroatoms. The van der Waals surface area contributed by atoms with Crippen LogP contribution in [-0.2, 0) is 12.3 Å². The van der Waals surface area contributed by atoms with Gasteiger partial charge in [-0.3, -0.25) is 0 Å². The molecule has 0 unspecified atom stereocenters. The maximum Gasteiger partial charge on any atom is 0.167 e. The van der Waals surface area contributed by atoms with E-state index < -0.39 is 0 Å². The smallest absolute Gasteiger partial charge is 0.167 e. The van der Waals surface area contributed by atoms with Crippen molar-refractivity contribution in [1.29, 1.82) is 0 Å². The molecule has 0 fully saturated rings. The van der Waals surface area contributed by atoms with Crippen molar-refractivity contribution in [3.8, 4) is 0 Å². The van der Waals surface area contributed by atoms with Crippen molar-refractivity contribution in [3.05, 3.63) is 95.4 Å². The van der Waals surface area contributed by atoms with Gasteiger partial charge in [0.2, 0.25) is 0 Å². The Bertz CT molecular complexity index is 858. The molecule has 158 valence electrons. The van der Waals surface area contributed by atoms with E-state index in [2.05, 4.69) is 76.2 Å². The monoisotopic (exact) mass is 439 g/mol. The van der Waals surface area contributed by atoms with Crippen LogP contribution in [0.5, 0.6) is 0 Å². The molecule has 30 heavy (non-hydrogen) atoms. The summed E-state index contributed by atoms with van der Waals surface area (Å²) in [4.78, 5) is 2.10. The summed E-state index contributed by atoms with van der Waals surface area (Å²) in [5, 5.41) is 7.47. The third kappa shape index (κ3) is 7.20. The number of benzene rings is 2. The lowest BCUT2D eigenvalue weighted by Crippen LogP contribution is -2.39. The molecule has 0 saturated carbocycles. The molecule has 0 aliphatic rings. The number of thioether (sulfide) groups is 1. The second-order valence-electron chi connectivity index (χ2n) is 7.31. The summed E-state index contributed by atoms with van der Waals surface area (Å²) in [7, 11) is 4.08. The van der Waals surface area contributed by atoms with E-state index in [-0.39, 0.29) is 6.04 Å². The zero-order valence-corrected chi connectivity index (χ0v) is 19.1. The quantitative estimate of drug-likeness (QED) is 0.348. The molecular weight excluding hydrogens is 410 g/mol. The van der Waals surface area contributed by atoms with Crippen LogP contribution in [0.25, 0.3) is 0 Å². The van der Waals surface area contributed by atoms with Gasteiger partial charge in [0.1, 0.15) is 11.5 Å². The Labute approximate surface area is 189 Å². The molecular formula is C24H29N3OS2. The second kappa shape index (κ2) is 11.8. The van der Waals surface area contributed by atoms with Crippen LogP contribution >= 0.6 is 24.0 Å². The zero-order valence-electron chi connectivity index (χ0n) is 17.5. The maximum atomic E-state index is 5.85. The van der Waals surface area contributed by atoms with Gasteiger partial charge < -0.3 is 20.0 Å². The Morgan fingerprint density at radius 2 is 1.53 bits per heavy atom. The van der Waals surface area contributed by atoms with Gasteiger partial charge in [0.15, 0.2) is 5.11 Å². The zero-order chi connectivity index (χ0) is 21.2. The standard InChI is InChI=1S/C24H29N3OS2/c1-27(2)17-21-13-14-22(28-21)18-30-16-15-25-24(29)26-23(19-9-5-3-6-10-19)20-11-7-4-8-12-20/h3-14,23H,15-18H2,1-2H3,(H2,25,26,29). The van der Waals surface area contributed by atoms with Gasteiger partial charge in [0.25, 0.3) is 0 Å². The Balaban J connectivity index is 1.44. The Kier molecular flexibility index (Phi) is 8.81. The number of nitrogens with one attached hydrogen (secondary N) is 2. The summed E-state index contributed by atoms with van der Waals surface area (Å²) >= 11 is 7.40. The topological polar surface area (TPSA) is 40.4 Å². The number of nitrogens with zero attached hydrogens (tertiary/aromatic N) is 1. The fraction of sp³-hybridized carbons (Fsp3) is 0.292. The van der Waals surface area contributed by atoms with Crippen LogP contribution in [0.2, 0.25) is 0 Å². The van der Waals surface area contributed by atoms with Crippen molar-refractivity contribution in [1.82, 2.24) is 15.5 Å².